The Balaban J connectivity index is 1.56. The minimum absolute atomic E-state index is 0.380. The van der Waals surface area contributed by atoms with E-state index in [0.717, 1.165) is 12.4 Å². The lowest BCUT2D eigenvalue weighted by Gasteiger charge is -2.63. The van der Waals surface area contributed by atoms with Gasteiger partial charge in [-0.2, -0.15) is 0 Å². The summed E-state index contributed by atoms with van der Waals surface area (Å²) in [6.45, 7) is 1.06. The van der Waals surface area contributed by atoms with Crippen LogP contribution in [0.25, 0.3) is 5.65 Å². The molecule has 110 valence electrons. The molecule has 0 N–H and O–H groups in total. The van der Waals surface area contributed by atoms with Crippen LogP contribution in [0.15, 0.2) is 36.7 Å². The van der Waals surface area contributed by atoms with Crippen molar-refractivity contribution in [3.05, 3.63) is 42.2 Å². The minimum atomic E-state index is 0.380. The van der Waals surface area contributed by atoms with E-state index in [4.69, 9.17) is 0 Å². The molecule has 1 aliphatic carbocycles. The van der Waals surface area contributed by atoms with Crippen molar-refractivity contribution in [2.75, 3.05) is 11.4 Å². The Kier molecular flexibility index (Phi) is 2.31. The van der Waals surface area contributed by atoms with Gasteiger partial charge in [-0.1, -0.05) is 6.42 Å². The van der Waals surface area contributed by atoms with Gasteiger partial charge in [0, 0.05) is 24.4 Å². The van der Waals surface area contributed by atoms with E-state index >= 15 is 0 Å². The van der Waals surface area contributed by atoms with Gasteiger partial charge in [-0.05, 0) is 53.1 Å². The maximum Gasteiger partial charge on any atom is 0.200 e. The summed E-state index contributed by atoms with van der Waals surface area (Å²) in [6, 6.07) is 8.54. The number of rotatable bonds is 2. The van der Waals surface area contributed by atoms with Crippen LogP contribution in [-0.4, -0.2) is 36.8 Å². The average Bonchev–Trinajstić information content (AvgIpc) is 2.93. The maximum absolute atomic E-state index is 4.55. The molecule has 0 amide bonds. The first-order chi connectivity index (χ1) is 10.9. The molecule has 5 rings (SSSR count). The van der Waals surface area contributed by atoms with Crippen molar-refractivity contribution in [2.45, 2.75) is 25.3 Å². The molecule has 2 aliphatic rings. The molecule has 1 aliphatic heterocycles. The van der Waals surface area contributed by atoms with Crippen LogP contribution in [0.5, 0.6) is 0 Å². The van der Waals surface area contributed by atoms with Crippen LogP contribution in [0.4, 0.5) is 5.82 Å². The fourth-order valence-electron chi connectivity index (χ4n) is 3.88. The standard InChI is InChI=1S/C15H15N7/c1-6-15(7-1)10-21(14(15)11-4-8-16-9-5-11)13-3-2-12-17-19-20-22(12)18-13/h2-5,8-9,14H,1,6-7,10H2. The number of nitrogens with zero attached hydrogens (tertiary/aromatic N) is 7. The zero-order chi connectivity index (χ0) is 14.6. The summed E-state index contributed by atoms with van der Waals surface area (Å²) in [7, 11) is 0. The van der Waals surface area contributed by atoms with Gasteiger partial charge in [0.05, 0.1) is 6.04 Å². The minimum Gasteiger partial charge on any atom is -0.347 e. The SMILES string of the molecule is c1cc(C2N(c3ccc4nnnn4n3)CC23CCC3)ccn1. The number of fused-ring (bicyclic) bond motifs is 1. The van der Waals surface area contributed by atoms with Crippen LogP contribution in [-0.2, 0) is 0 Å². The highest BCUT2D eigenvalue weighted by Gasteiger charge is 2.56. The summed E-state index contributed by atoms with van der Waals surface area (Å²) in [5.74, 6) is 0.930. The number of hydrogen-bond donors (Lipinski definition) is 0. The molecule has 0 aromatic carbocycles. The van der Waals surface area contributed by atoms with Crippen molar-refractivity contribution in [3.8, 4) is 0 Å². The molecule has 1 atom stereocenters. The summed E-state index contributed by atoms with van der Waals surface area (Å²) in [4.78, 5) is 6.50. The molecule has 7 heteroatoms. The summed E-state index contributed by atoms with van der Waals surface area (Å²) in [6.07, 6.45) is 7.66. The molecule has 2 fully saturated rings. The molecule has 1 saturated carbocycles. The summed E-state index contributed by atoms with van der Waals surface area (Å²) in [5, 5.41) is 16.0. The molecule has 0 radical (unpaired) electrons. The molecule has 1 spiro atoms. The lowest BCUT2D eigenvalue weighted by Crippen LogP contribution is -2.62. The van der Waals surface area contributed by atoms with Crippen LogP contribution in [0.1, 0.15) is 30.9 Å². The first kappa shape index (κ1) is 12.0. The van der Waals surface area contributed by atoms with E-state index in [-0.39, 0.29) is 0 Å². The van der Waals surface area contributed by atoms with E-state index in [2.05, 4.69) is 42.6 Å². The highest BCUT2D eigenvalue weighted by molar-refractivity contribution is 5.51. The Morgan fingerprint density at radius 1 is 1.09 bits per heavy atom. The van der Waals surface area contributed by atoms with Gasteiger partial charge in [0.25, 0.3) is 0 Å². The van der Waals surface area contributed by atoms with Crippen molar-refractivity contribution >= 4 is 11.5 Å². The van der Waals surface area contributed by atoms with E-state index in [1.165, 1.54) is 29.5 Å². The van der Waals surface area contributed by atoms with Crippen molar-refractivity contribution in [1.29, 1.82) is 0 Å². The van der Waals surface area contributed by atoms with Crippen LogP contribution >= 0.6 is 0 Å². The second-order valence-electron chi connectivity index (χ2n) is 6.24. The number of aromatic nitrogens is 6. The van der Waals surface area contributed by atoms with E-state index in [0.29, 0.717) is 17.1 Å². The molecule has 3 aromatic heterocycles. The Morgan fingerprint density at radius 2 is 1.95 bits per heavy atom. The number of pyridine rings is 1. The quantitative estimate of drug-likeness (QED) is 0.715. The highest BCUT2D eigenvalue weighted by Crippen LogP contribution is 2.61. The van der Waals surface area contributed by atoms with E-state index in [1.807, 2.05) is 24.5 Å². The summed E-state index contributed by atoms with van der Waals surface area (Å²) < 4.78 is 1.49. The van der Waals surface area contributed by atoms with E-state index in [9.17, 15) is 0 Å². The van der Waals surface area contributed by atoms with E-state index < -0.39 is 0 Å². The fraction of sp³-hybridized carbons (Fsp3) is 0.400. The van der Waals surface area contributed by atoms with Crippen LogP contribution < -0.4 is 4.90 Å². The Labute approximate surface area is 127 Å². The zero-order valence-electron chi connectivity index (χ0n) is 12.0. The molecular formula is C15H15N7. The van der Waals surface area contributed by atoms with Gasteiger partial charge in [0.15, 0.2) is 11.5 Å². The Bertz CT molecular complexity index is 824. The topological polar surface area (TPSA) is 72.1 Å². The predicted octanol–water partition coefficient (Wildman–Crippen LogP) is 1.65. The van der Waals surface area contributed by atoms with Crippen LogP contribution in [0.2, 0.25) is 0 Å². The number of hydrogen-bond acceptors (Lipinski definition) is 6. The first-order valence-corrected chi connectivity index (χ1v) is 7.58. The normalized spacial score (nSPS) is 22.5. The number of anilines is 1. The van der Waals surface area contributed by atoms with Gasteiger partial charge in [-0.3, -0.25) is 4.98 Å². The molecule has 1 unspecified atom stereocenters. The van der Waals surface area contributed by atoms with Gasteiger partial charge in [-0.15, -0.1) is 14.8 Å². The third-order valence-electron chi connectivity index (χ3n) is 5.10. The molecule has 0 bridgehead atoms. The molecule has 22 heavy (non-hydrogen) atoms. The molecule has 1 saturated heterocycles. The van der Waals surface area contributed by atoms with Crippen LogP contribution in [0.3, 0.4) is 0 Å². The van der Waals surface area contributed by atoms with Gasteiger partial charge >= 0.3 is 0 Å². The Hall–Kier alpha value is -2.57. The lowest BCUT2D eigenvalue weighted by molar-refractivity contribution is 0.0274. The van der Waals surface area contributed by atoms with Gasteiger partial charge in [0.2, 0.25) is 0 Å². The van der Waals surface area contributed by atoms with E-state index in [1.54, 1.807) is 0 Å². The third kappa shape index (κ3) is 1.53. The zero-order valence-corrected chi connectivity index (χ0v) is 12.0. The average molecular weight is 293 g/mol. The Morgan fingerprint density at radius 3 is 2.73 bits per heavy atom. The summed E-state index contributed by atoms with van der Waals surface area (Å²) in [5.41, 5.74) is 2.40. The van der Waals surface area contributed by atoms with Crippen LogP contribution in [0, 0.1) is 5.41 Å². The molecule has 3 aromatic rings. The van der Waals surface area contributed by atoms with Gasteiger partial charge in [-0.25, -0.2) is 0 Å². The van der Waals surface area contributed by atoms with Gasteiger partial charge < -0.3 is 4.90 Å². The van der Waals surface area contributed by atoms with Crippen molar-refractivity contribution in [2.24, 2.45) is 5.41 Å². The number of tetrazole rings is 1. The largest absolute Gasteiger partial charge is 0.347 e. The highest BCUT2D eigenvalue weighted by atomic mass is 15.6. The van der Waals surface area contributed by atoms with Crippen molar-refractivity contribution in [3.63, 3.8) is 0 Å². The van der Waals surface area contributed by atoms with Crippen molar-refractivity contribution < 1.29 is 0 Å². The summed E-state index contributed by atoms with van der Waals surface area (Å²) >= 11 is 0. The monoisotopic (exact) mass is 293 g/mol. The second kappa shape index (κ2) is 4.22. The molecule has 4 heterocycles. The molecular weight excluding hydrogens is 278 g/mol. The van der Waals surface area contributed by atoms with Crippen molar-refractivity contribution in [1.82, 2.24) is 30.2 Å². The second-order valence-corrected chi connectivity index (χ2v) is 6.24. The third-order valence-corrected chi connectivity index (χ3v) is 5.10. The maximum atomic E-state index is 4.55. The van der Waals surface area contributed by atoms with Gasteiger partial charge in [0.1, 0.15) is 0 Å². The first-order valence-electron chi connectivity index (χ1n) is 7.58. The smallest absolute Gasteiger partial charge is 0.200 e. The molecule has 7 nitrogen and oxygen atoms in total. The fourth-order valence-corrected chi connectivity index (χ4v) is 3.88. The predicted molar refractivity (Wildman–Crippen MR) is 79.2 cm³/mol. The lowest BCUT2D eigenvalue weighted by atomic mass is 9.56.